The molecule has 1 aromatic heterocycles. The number of thioether (sulfide) groups is 1. The summed E-state index contributed by atoms with van der Waals surface area (Å²) >= 11 is 13.9. The van der Waals surface area contributed by atoms with Crippen LogP contribution in [0.3, 0.4) is 0 Å². The van der Waals surface area contributed by atoms with Gasteiger partial charge in [0.15, 0.2) is 0 Å². The number of fused-ring (bicyclic) bond motifs is 1. The first-order valence-corrected chi connectivity index (χ1v) is 12.3. The SMILES string of the molecule is CCOc1ccc(S(=O)(=O)NCCSCc2c(Cl)cccc2Cl)c2cccnc12. The average Bonchev–Trinajstić information content (AvgIpc) is 2.70. The van der Waals surface area contributed by atoms with E-state index in [9.17, 15) is 8.42 Å². The molecule has 0 amide bonds. The fraction of sp³-hybridized carbons (Fsp3) is 0.250. The molecule has 0 atom stereocenters. The molecular formula is C20H20Cl2N2O3S2. The molecule has 9 heteroatoms. The molecule has 0 aliphatic rings. The third-order valence-corrected chi connectivity index (χ3v) is 7.34. The Labute approximate surface area is 184 Å². The minimum Gasteiger partial charge on any atom is -0.492 e. The highest BCUT2D eigenvalue weighted by molar-refractivity contribution is 7.98. The minimum atomic E-state index is -3.69. The predicted molar refractivity (Wildman–Crippen MR) is 121 cm³/mol. The molecule has 0 aliphatic heterocycles. The third-order valence-electron chi connectivity index (χ3n) is 4.13. The van der Waals surface area contributed by atoms with Crippen molar-refractivity contribution in [3.63, 3.8) is 0 Å². The van der Waals surface area contributed by atoms with Crippen molar-refractivity contribution in [3.8, 4) is 5.75 Å². The number of ether oxygens (including phenoxy) is 1. The summed E-state index contributed by atoms with van der Waals surface area (Å²) in [5.41, 5.74) is 1.38. The third kappa shape index (κ3) is 5.35. The van der Waals surface area contributed by atoms with E-state index in [0.717, 1.165) is 5.56 Å². The lowest BCUT2D eigenvalue weighted by Gasteiger charge is -2.12. The van der Waals surface area contributed by atoms with Crippen molar-refractivity contribution in [1.29, 1.82) is 0 Å². The highest BCUT2D eigenvalue weighted by Gasteiger charge is 2.19. The van der Waals surface area contributed by atoms with E-state index in [0.29, 0.717) is 44.8 Å². The number of benzene rings is 2. The van der Waals surface area contributed by atoms with Crippen molar-refractivity contribution in [3.05, 3.63) is 64.3 Å². The van der Waals surface area contributed by atoms with Crippen LogP contribution in [0.15, 0.2) is 53.6 Å². The molecular weight excluding hydrogens is 451 g/mol. The van der Waals surface area contributed by atoms with Gasteiger partial charge in [0.25, 0.3) is 0 Å². The number of rotatable bonds is 9. The van der Waals surface area contributed by atoms with E-state index < -0.39 is 10.0 Å². The molecule has 1 heterocycles. The Balaban J connectivity index is 1.67. The number of nitrogens with zero attached hydrogens (tertiary/aromatic N) is 1. The van der Waals surface area contributed by atoms with Crippen LogP contribution in [0.2, 0.25) is 10.0 Å². The normalized spacial score (nSPS) is 11.7. The van der Waals surface area contributed by atoms with Gasteiger partial charge in [0.05, 0.1) is 11.5 Å². The van der Waals surface area contributed by atoms with E-state index in [1.54, 1.807) is 60.4 Å². The van der Waals surface area contributed by atoms with Crippen molar-refractivity contribution in [2.45, 2.75) is 17.6 Å². The van der Waals surface area contributed by atoms with Crippen molar-refractivity contribution in [2.24, 2.45) is 0 Å². The maximum Gasteiger partial charge on any atom is 0.241 e. The van der Waals surface area contributed by atoms with Crippen LogP contribution in [0.4, 0.5) is 0 Å². The first-order chi connectivity index (χ1) is 13.9. The van der Waals surface area contributed by atoms with Crippen LogP contribution in [-0.4, -0.2) is 32.3 Å². The quantitative estimate of drug-likeness (QED) is 0.437. The van der Waals surface area contributed by atoms with Crippen LogP contribution in [0.25, 0.3) is 10.9 Å². The lowest BCUT2D eigenvalue weighted by atomic mass is 10.2. The van der Waals surface area contributed by atoms with Crippen LogP contribution in [0.1, 0.15) is 12.5 Å². The predicted octanol–water partition coefficient (Wildman–Crippen LogP) is 5.15. The van der Waals surface area contributed by atoms with Gasteiger partial charge in [-0.05, 0) is 48.9 Å². The monoisotopic (exact) mass is 470 g/mol. The molecule has 29 heavy (non-hydrogen) atoms. The summed E-state index contributed by atoms with van der Waals surface area (Å²) in [5.74, 6) is 1.75. The van der Waals surface area contributed by atoms with Gasteiger partial charge in [0, 0.05) is 39.7 Å². The van der Waals surface area contributed by atoms with Crippen molar-refractivity contribution < 1.29 is 13.2 Å². The Morgan fingerprint density at radius 3 is 2.59 bits per heavy atom. The smallest absolute Gasteiger partial charge is 0.241 e. The molecule has 0 saturated carbocycles. The van der Waals surface area contributed by atoms with E-state index in [4.69, 9.17) is 27.9 Å². The van der Waals surface area contributed by atoms with Gasteiger partial charge in [0.2, 0.25) is 10.0 Å². The first kappa shape index (κ1) is 22.2. The number of aromatic nitrogens is 1. The van der Waals surface area contributed by atoms with E-state index in [-0.39, 0.29) is 11.4 Å². The molecule has 0 saturated heterocycles. The maximum atomic E-state index is 12.8. The van der Waals surface area contributed by atoms with E-state index in [1.165, 1.54) is 0 Å². The minimum absolute atomic E-state index is 0.184. The van der Waals surface area contributed by atoms with Crippen molar-refractivity contribution in [1.82, 2.24) is 9.71 Å². The molecule has 3 rings (SSSR count). The molecule has 0 spiro atoms. The number of nitrogens with one attached hydrogen (secondary N) is 1. The number of hydrogen-bond acceptors (Lipinski definition) is 5. The lowest BCUT2D eigenvalue weighted by Crippen LogP contribution is -2.26. The molecule has 0 fully saturated rings. The summed E-state index contributed by atoms with van der Waals surface area (Å²) in [6.07, 6.45) is 1.62. The topological polar surface area (TPSA) is 68.3 Å². The van der Waals surface area contributed by atoms with E-state index >= 15 is 0 Å². The molecule has 3 aromatic rings. The van der Waals surface area contributed by atoms with Crippen LogP contribution >= 0.6 is 35.0 Å². The summed E-state index contributed by atoms with van der Waals surface area (Å²) in [4.78, 5) is 4.47. The molecule has 0 aliphatic carbocycles. The number of sulfonamides is 1. The van der Waals surface area contributed by atoms with Crippen molar-refractivity contribution in [2.75, 3.05) is 18.9 Å². The number of pyridine rings is 1. The van der Waals surface area contributed by atoms with Gasteiger partial charge in [-0.2, -0.15) is 11.8 Å². The molecule has 1 N–H and O–H groups in total. The molecule has 2 aromatic carbocycles. The Hall–Kier alpha value is -1.51. The van der Waals surface area contributed by atoms with Crippen molar-refractivity contribution >= 4 is 55.9 Å². The lowest BCUT2D eigenvalue weighted by molar-refractivity contribution is 0.343. The van der Waals surface area contributed by atoms with Crippen LogP contribution in [-0.2, 0) is 15.8 Å². The summed E-state index contributed by atoms with van der Waals surface area (Å²) in [6.45, 7) is 2.63. The first-order valence-electron chi connectivity index (χ1n) is 8.95. The van der Waals surface area contributed by atoms with Crippen LogP contribution < -0.4 is 9.46 Å². The average molecular weight is 471 g/mol. The van der Waals surface area contributed by atoms with Gasteiger partial charge in [-0.3, -0.25) is 4.98 Å². The van der Waals surface area contributed by atoms with Gasteiger partial charge >= 0.3 is 0 Å². The van der Waals surface area contributed by atoms with E-state index in [2.05, 4.69) is 9.71 Å². The zero-order chi connectivity index (χ0) is 20.9. The summed E-state index contributed by atoms with van der Waals surface area (Å²) in [7, 11) is -3.69. The van der Waals surface area contributed by atoms with E-state index in [1.807, 2.05) is 6.92 Å². The van der Waals surface area contributed by atoms with Gasteiger partial charge in [-0.25, -0.2) is 13.1 Å². The Kier molecular flexibility index (Phi) is 7.65. The molecule has 0 unspecified atom stereocenters. The van der Waals surface area contributed by atoms with Gasteiger partial charge in [-0.1, -0.05) is 29.3 Å². The highest BCUT2D eigenvalue weighted by atomic mass is 35.5. The number of halogens is 2. The zero-order valence-corrected chi connectivity index (χ0v) is 18.8. The Morgan fingerprint density at radius 2 is 1.86 bits per heavy atom. The summed E-state index contributed by atoms with van der Waals surface area (Å²) in [5, 5.41) is 1.75. The fourth-order valence-corrected chi connectivity index (χ4v) is 5.75. The standard InChI is InChI=1S/C20H20Cl2N2O3S2/c1-2-27-18-8-9-19(14-5-4-10-23-20(14)18)29(25,26)24-11-12-28-13-15-16(21)6-3-7-17(15)22/h3-10,24H,2,11-13H2,1H3. The fourth-order valence-electron chi connectivity index (χ4n) is 2.80. The zero-order valence-electron chi connectivity index (χ0n) is 15.7. The second kappa shape index (κ2) is 10.00. The van der Waals surface area contributed by atoms with Gasteiger partial charge in [-0.15, -0.1) is 0 Å². The Morgan fingerprint density at radius 1 is 1.10 bits per heavy atom. The molecule has 0 bridgehead atoms. The molecule has 0 radical (unpaired) electrons. The highest BCUT2D eigenvalue weighted by Crippen LogP contribution is 2.30. The molecule has 154 valence electrons. The van der Waals surface area contributed by atoms with Crippen LogP contribution in [0.5, 0.6) is 5.75 Å². The second-order valence-electron chi connectivity index (χ2n) is 6.04. The molecule has 5 nitrogen and oxygen atoms in total. The Bertz CT molecular complexity index is 1090. The largest absolute Gasteiger partial charge is 0.492 e. The van der Waals surface area contributed by atoms with Crippen LogP contribution in [0, 0.1) is 0 Å². The number of hydrogen-bond donors (Lipinski definition) is 1. The maximum absolute atomic E-state index is 12.8. The van der Waals surface area contributed by atoms with Gasteiger partial charge in [0.1, 0.15) is 11.3 Å². The second-order valence-corrected chi connectivity index (χ2v) is 9.70. The summed E-state index contributed by atoms with van der Waals surface area (Å²) in [6, 6.07) is 12.0. The summed E-state index contributed by atoms with van der Waals surface area (Å²) < 4.78 is 33.9. The van der Waals surface area contributed by atoms with Gasteiger partial charge < -0.3 is 4.74 Å².